The van der Waals surface area contributed by atoms with Crippen molar-refractivity contribution in [3.63, 3.8) is 0 Å². The number of carbonyl (C=O) groups is 1. The molecule has 0 unspecified atom stereocenters. The van der Waals surface area contributed by atoms with Crippen LogP contribution < -0.4 is 5.32 Å². The maximum atomic E-state index is 11.9. The molecular weight excluding hydrogens is 291 g/mol. The van der Waals surface area contributed by atoms with Gasteiger partial charge in [-0.2, -0.15) is 13.2 Å². The number of phenolic OH excluding ortho intramolecular Hbond substituents is 1. The summed E-state index contributed by atoms with van der Waals surface area (Å²) in [6.45, 7) is -0.312. The van der Waals surface area contributed by atoms with E-state index in [1.165, 1.54) is 18.2 Å². The number of hydrogen-bond acceptors (Lipinski definition) is 2. The summed E-state index contributed by atoms with van der Waals surface area (Å²) in [6.07, 6.45) is -4.90. The average molecular weight is 298 g/mol. The molecule has 0 atom stereocenters. The minimum Gasteiger partial charge on any atom is -0.508 e. The first-order valence-corrected chi connectivity index (χ1v) is 4.92. The van der Waals surface area contributed by atoms with Gasteiger partial charge in [0.15, 0.2) is 0 Å². The molecule has 0 radical (unpaired) electrons. The Hall–Kier alpha value is -1.24. The van der Waals surface area contributed by atoms with E-state index in [-0.39, 0.29) is 12.3 Å². The molecule has 1 aromatic carbocycles. The van der Waals surface area contributed by atoms with Gasteiger partial charge in [-0.15, -0.1) is 0 Å². The summed E-state index contributed by atoms with van der Waals surface area (Å²) in [6, 6.07) is 4.12. The first-order valence-electron chi connectivity index (χ1n) is 4.13. The molecule has 16 heavy (non-hydrogen) atoms. The summed E-state index contributed by atoms with van der Waals surface area (Å²) >= 11 is 3.09. The number of carbonyl (C=O) groups excluding carboxylic acids is 1. The SMILES string of the molecule is O=C(NCc1cc(O)ccc1Br)C(F)(F)F. The van der Waals surface area contributed by atoms with Crippen molar-refractivity contribution in [2.75, 3.05) is 0 Å². The Morgan fingerprint density at radius 3 is 2.62 bits per heavy atom. The van der Waals surface area contributed by atoms with E-state index in [9.17, 15) is 18.0 Å². The van der Waals surface area contributed by atoms with E-state index >= 15 is 0 Å². The molecule has 1 aromatic rings. The molecule has 0 saturated heterocycles. The average Bonchev–Trinajstić information content (AvgIpc) is 2.17. The molecule has 88 valence electrons. The second-order valence-corrected chi connectivity index (χ2v) is 3.81. The molecule has 0 aromatic heterocycles. The highest BCUT2D eigenvalue weighted by Gasteiger charge is 2.38. The van der Waals surface area contributed by atoms with Crippen molar-refractivity contribution < 1.29 is 23.1 Å². The van der Waals surface area contributed by atoms with Crippen molar-refractivity contribution in [2.24, 2.45) is 0 Å². The van der Waals surface area contributed by atoms with Gasteiger partial charge in [0.1, 0.15) is 5.75 Å². The summed E-state index contributed by atoms with van der Waals surface area (Å²) in [5.74, 6) is -2.10. The molecule has 0 aliphatic carbocycles. The number of amides is 1. The van der Waals surface area contributed by atoms with Crippen LogP contribution >= 0.6 is 15.9 Å². The zero-order valence-corrected chi connectivity index (χ0v) is 9.39. The van der Waals surface area contributed by atoms with Crippen molar-refractivity contribution in [3.8, 4) is 5.75 Å². The molecule has 0 aliphatic rings. The van der Waals surface area contributed by atoms with Gasteiger partial charge in [-0.1, -0.05) is 15.9 Å². The zero-order valence-electron chi connectivity index (χ0n) is 7.81. The third-order valence-electron chi connectivity index (χ3n) is 1.73. The van der Waals surface area contributed by atoms with Crippen molar-refractivity contribution in [3.05, 3.63) is 28.2 Å². The Labute approximate surface area is 97.4 Å². The molecule has 0 saturated carbocycles. The van der Waals surface area contributed by atoms with Gasteiger partial charge in [0.2, 0.25) is 0 Å². The fourth-order valence-corrected chi connectivity index (χ4v) is 1.36. The molecule has 7 heteroatoms. The van der Waals surface area contributed by atoms with Gasteiger partial charge in [0.05, 0.1) is 0 Å². The van der Waals surface area contributed by atoms with Crippen LogP contribution in [0.1, 0.15) is 5.56 Å². The van der Waals surface area contributed by atoms with E-state index in [1.807, 2.05) is 0 Å². The van der Waals surface area contributed by atoms with Crippen molar-refractivity contribution in [2.45, 2.75) is 12.7 Å². The number of nitrogens with one attached hydrogen (secondary N) is 1. The van der Waals surface area contributed by atoms with Crippen LogP contribution in [0, 0.1) is 0 Å². The van der Waals surface area contributed by atoms with Crippen LogP contribution in [0.4, 0.5) is 13.2 Å². The van der Waals surface area contributed by atoms with Gasteiger partial charge in [-0.25, -0.2) is 0 Å². The van der Waals surface area contributed by atoms with Gasteiger partial charge in [0.25, 0.3) is 0 Å². The fraction of sp³-hybridized carbons (Fsp3) is 0.222. The standard InChI is InChI=1S/C9H7BrF3NO2/c10-7-2-1-6(15)3-5(7)4-14-8(16)9(11,12)13/h1-3,15H,4H2,(H,14,16). The van der Waals surface area contributed by atoms with Gasteiger partial charge >= 0.3 is 12.1 Å². The minimum absolute atomic E-state index is 0.0838. The fourth-order valence-electron chi connectivity index (χ4n) is 0.972. The maximum Gasteiger partial charge on any atom is 0.471 e. The first-order chi connectivity index (χ1) is 7.30. The Balaban J connectivity index is 2.68. The van der Waals surface area contributed by atoms with Crippen LogP contribution in [0.3, 0.4) is 0 Å². The Morgan fingerprint density at radius 2 is 2.06 bits per heavy atom. The molecule has 3 nitrogen and oxygen atoms in total. The largest absolute Gasteiger partial charge is 0.508 e. The lowest BCUT2D eigenvalue weighted by Gasteiger charge is -2.09. The van der Waals surface area contributed by atoms with Crippen LogP contribution in [0.25, 0.3) is 0 Å². The molecule has 1 amide bonds. The second kappa shape index (κ2) is 4.73. The number of benzene rings is 1. The monoisotopic (exact) mass is 297 g/mol. The molecule has 1 rings (SSSR count). The zero-order chi connectivity index (χ0) is 12.3. The van der Waals surface area contributed by atoms with Gasteiger partial charge in [0, 0.05) is 11.0 Å². The van der Waals surface area contributed by atoms with Crippen molar-refractivity contribution in [1.82, 2.24) is 5.32 Å². The van der Waals surface area contributed by atoms with E-state index in [1.54, 1.807) is 5.32 Å². The molecule has 2 N–H and O–H groups in total. The highest BCUT2D eigenvalue weighted by molar-refractivity contribution is 9.10. The predicted octanol–water partition coefficient (Wildman–Crippen LogP) is 2.33. The van der Waals surface area contributed by atoms with Crippen LogP contribution in [0.15, 0.2) is 22.7 Å². The van der Waals surface area contributed by atoms with E-state index in [0.29, 0.717) is 10.0 Å². The molecule has 0 spiro atoms. The van der Waals surface area contributed by atoms with Crippen molar-refractivity contribution in [1.29, 1.82) is 0 Å². The van der Waals surface area contributed by atoms with Gasteiger partial charge in [-0.3, -0.25) is 4.79 Å². The third kappa shape index (κ3) is 3.41. The van der Waals surface area contributed by atoms with Crippen LogP contribution in [-0.2, 0) is 11.3 Å². The first kappa shape index (κ1) is 12.8. The number of aromatic hydroxyl groups is 1. The molecule has 0 aliphatic heterocycles. The number of rotatable bonds is 2. The molecular formula is C9H7BrF3NO2. The summed E-state index contributed by atoms with van der Waals surface area (Å²) in [7, 11) is 0. The van der Waals surface area contributed by atoms with Crippen molar-refractivity contribution >= 4 is 21.8 Å². The van der Waals surface area contributed by atoms with Gasteiger partial charge in [-0.05, 0) is 23.8 Å². The smallest absolute Gasteiger partial charge is 0.471 e. The third-order valence-corrected chi connectivity index (χ3v) is 2.50. The number of phenols is 1. The normalized spacial score (nSPS) is 11.2. The lowest BCUT2D eigenvalue weighted by Crippen LogP contribution is -2.36. The quantitative estimate of drug-likeness (QED) is 0.880. The van der Waals surface area contributed by atoms with E-state index in [0.717, 1.165) is 0 Å². The van der Waals surface area contributed by atoms with E-state index < -0.39 is 12.1 Å². The molecule has 0 heterocycles. The Morgan fingerprint density at radius 1 is 1.44 bits per heavy atom. The maximum absolute atomic E-state index is 11.9. The molecule has 0 bridgehead atoms. The highest BCUT2D eigenvalue weighted by Crippen LogP contribution is 2.22. The topological polar surface area (TPSA) is 49.3 Å². The lowest BCUT2D eigenvalue weighted by molar-refractivity contribution is -0.173. The second-order valence-electron chi connectivity index (χ2n) is 2.96. The minimum atomic E-state index is -4.90. The summed E-state index contributed by atoms with van der Waals surface area (Å²) in [5, 5.41) is 10.8. The highest BCUT2D eigenvalue weighted by atomic mass is 79.9. The molecule has 0 fully saturated rings. The van der Waals surface area contributed by atoms with E-state index in [4.69, 9.17) is 5.11 Å². The lowest BCUT2D eigenvalue weighted by atomic mass is 10.2. The van der Waals surface area contributed by atoms with E-state index in [2.05, 4.69) is 15.9 Å². The summed E-state index contributed by atoms with van der Waals surface area (Å²) in [4.78, 5) is 10.5. The van der Waals surface area contributed by atoms with Crippen LogP contribution in [-0.4, -0.2) is 17.2 Å². The number of hydrogen-bond donors (Lipinski definition) is 2. The summed E-state index contributed by atoms with van der Waals surface area (Å²) in [5.41, 5.74) is 0.359. The number of halogens is 4. The van der Waals surface area contributed by atoms with Crippen LogP contribution in [0.2, 0.25) is 0 Å². The van der Waals surface area contributed by atoms with Crippen LogP contribution in [0.5, 0.6) is 5.75 Å². The number of alkyl halides is 3. The summed E-state index contributed by atoms with van der Waals surface area (Å²) < 4.78 is 36.1. The van der Waals surface area contributed by atoms with Gasteiger partial charge < -0.3 is 10.4 Å². The predicted molar refractivity (Wildman–Crippen MR) is 53.7 cm³/mol. The Kier molecular flexibility index (Phi) is 3.79. The Bertz CT molecular complexity index is 406.